The molecule has 0 spiro atoms. The van der Waals surface area contributed by atoms with Gasteiger partial charge in [0.15, 0.2) is 0 Å². The van der Waals surface area contributed by atoms with Gasteiger partial charge in [0.05, 0.1) is 30.3 Å². The number of carbonyl (C=O) groups is 1. The van der Waals surface area contributed by atoms with Gasteiger partial charge >= 0.3 is 0 Å². The number of ether oxygens (including phenoxy) is 1. The number of likely N-dealkylation sites (tertiary alicyclic amines) is 2. The standard InChI is InChI=1S/C19H30N4O2S/c24-19(22-8-10-25-11-9-22)16-2-1-5-23(12-16)18-3-6-21(7-4-18)13-17-14-26-15-20-17/h14-16,18H,1-13H2/t16-/m0/s1. The lowest BCUT2D eigenvalue weighted by molar-refractivity contribution is -0.142. The molecule has 3 fully saturated rings. The second-order valence-corrected chi connectivity index (χ2v) is 8.48. The molecule has 1 amide bonds. The minimum Gasteiger partial charge on any atom is -0.378 e. The Hall–Kier alpha value is -1.02. The average molecular weight is 379 g/mol. The summed E-state index contributed by atoms with van der Waals surface area (Å²) in [6, 6.07) is 0.641. The summed E-state index contributed by atoms with van der Waals surface area (Å²) in [5, 5.41) is 2.15. The van der Waals surface area contributed by atoms with E-state index in [2.05, 4.69) is 20.2 Å². The van der Waals surface area contributed by atoms with Gasteiger partial charge in [-0.2, -0.15) is 0 Å². The van der Waals surface area contributed by atoms with Gasteiger partial charge in [0.1, 0.15) is 0 Å². The molecule has 0 radical (unpaired) electrons. The van der Waals surface area contributed by atoms with Gasteiger partial charge in [-0.25, -0.2) is 4.98 Å². The highest BCUT2D eigenvalue weighted by Gasteiger charge is 2.33. The number of thiazole rings is 1. The molecule has 4 heterocycles. The number of hydrogen-bond donors (Lipinski definition) is 0. The third-order valence-corrected chi connectivity index (χ3v) is 6.70. The summed E-state index contributed by atoms with van der Waals surface area (Å²) in [6.45, 7) is 8.29. The number of amides is 1. The number of aromatic nitrogens is 1. The molecule has 0 unspecified atom stereocenters. The van der Waals surface area contributed by atoms with E-state index >= 15 is 0 Å². The van der Waals surface area contributed by atoms with E-state index < -0.39 is 0 Å². The van der Waals surface area contributed by atoms with E-state index in [9.17, 15) is 4.79 Å². The topological polar surface area (TPSA) is 48.9 Å². The Balaban J connectivity index is 1.26. The fourth-order valence-electron chi connectivity index (χ4n) is 4.57. The molecule has 26 heavy (non-hydrogen) atoms. The Kier molecular flexibility index (Phi) is 6.20. The monoisotopic (exact) mass is 378 g/mol. The van der Waals surface area contributed by atoms with Gasteiger partial charge in [0, 0.05) is 50.7 Å². The van der Waals surface area contributed by atoms with Crippen LogP contribution in [0.15, 0.2) is 10.9 Å². The normalized spacial score (nSPS) is 26.9. The first-order valence-electron chi connectivity index (χ1n) is 9.99. The lowest BCUT2D eigenvalue weighted by Crippen LogP contribution is -2.52. The molecule has 1 atom stereocenters. The third kappa shape index (κ3) is 4.44. The Morgan fingerprint density at radius 3 is 2.69 bits per heavy atom. The van der Waals surface area contributed by atoms with Crippen LogP contribution in [0.1, 0.15) is 31.4 Å². The van der Waals surface area contributed by atoms with Gasteiger partial charge < -0.3 is 9.64 Å². The molecule has 144 valence electrons. The molecule has 1 aromatic rings. The van der Waals surface area contributed by atoms with Crippen molar-refractivity contribution in [1.29, 1.82) is 0 Å². The van der Waals surface area contributed by atoms with E-state index in [-0.39, 0.29) is 5.92 Å². The van der Waals surface area contributed by atoms with Crippen LogP contribution in [0.3, 0.4) is 0 Å². The summed E-state index contributed by atoms with van der Waals surface area (Å²) in [7, 11) is 0. The fraction of sp³-hybridized carbons (Fsp3) is 0.789. The third-order valence-electron chi connectivity index (χ3n) is 6.07. The molecule has 3 saturated heterocycles. The van der Waals surface area contributed by atoms with Gasteiger partial charge in [-0.05, 0) is 32.2 Å². The van der Waals surface area contributed by atoms with Crippen molar-refractivity contribution >= 4 is 17.2 Å². The van der Waals surface area contributed by atoms with Crippen molar-refractivity contribution in [2.75, 3.05) is 52.5 Å². The fourth-order valence-corrected chi connectivity index (χ4v) is 5.12. The van der Waals surface area contributed by atoms with Gasteiger partial charge in [-0.15, -0.1) is 11.3 Å². The zero-order chi connectivity index (χ0) is 17.8. The first-order valence-corrected chi connectivity index (χ1v) is 10.9. The second kappa shape index (κ2) is 8.78. The van der Waals surface area contributed by atoms with Crippen molar-refractivity contribution in [2.24, 2.45) is 5.92 Å². The molecule has 1 aromatic heterocycles. The van der Waals surface area contributed by atoms with Crippen molar-refractivity contribution in [3.63, 3.8) is 0 Å². The molecule has 3 aliphatic rings. The van der Waals surface area contributed by atoms with Crippen LogP contribution >= 0.6 is 11.3 Å². The van der Waals surface area contributed by atoms with Crippen LogP contribution in [0, 0.1) is 5.92 Å². The number of carbonyl (C=O) groups excluding carboxylic acids is 1. The summed E-state index contributed by atoms with van der Waals surface area (Å²) >= 11 is 1.68. The summed E-state index contributed by atoms with van der Waals surface area (Å²) in [4.78, 5) is 24.4. The summed E-state index contributed by atoms with van der Waals surface area (Å²) in [5.74, 6) is 0.550. The van der Waals surface area contributed by atoms with E-state index in [0.29, 0.717) is 25.2 Å². The molecule has 6 nitrogen and oxygen atoms in total. The molecule has 0 N–H and O–H groups in total. The van der Waals surface area contributed by atoms with Crippen LogP contribution in [0.5, 0.6) is 0 Å². The Bertz CT molecular complexity index is 568. The van der Waals surface area contributed by atoms with Crippen LogP contribution in [0.2, 0.25) is 0 Å². The average Bonchev–Trinajstić information content (AvgIpc) is 3.22. The number of rotatable bonds is 4. The van der Waals surface area contributed by atoms with Crippen LogP contribution in [-0.2, 0) is 16.1 Å². The molecule has 0 aliphatic carbocycles. The summed E-state index contributed by atoms with van der Waals surface area (Å²) < 4.78 is 5.39. The molecule has 0 saturated carbocycles. The van der Waals surface area contributed by atoms with Gasteiger partial charge in [-0.3, -0.25) is 14.6 Å². The molecule has 0 aromatic carbocycles. The summed E-state index contributed by atoms with van der Waals surface area (Å²) in [5.41, 5.74) is 3.11. The van der Waals surface area contributed by atoms with E-state index in [1.807, 2.05) is 10.4 Å². The minimum absolute atomic E-state index is 0.190. The largest absolute Gasteiger partial charge is 0.378 e. The first kappa shape index (κ1) is 18.3. The zero-order valence-electron chi connectivity index (χ0n) is 15.5. The van der Waals surface area contributed by atoms with Crippen LogP contribution in [0.25, 0.3) is 0 Å². The number of piperidine rings is 2. The lowest BCUT2D eigenvalue weighted by atomic mass is 9.92. The molecule has 7 heteroatoms. The predicted molar refractivity (Wildman–Crippen MR) is 102 cm³/mol. The first-order chi connectivity index (χ1) is 12.8. The van der Waals surface area contributed by atoms with Gasteiger partial charge in [0.2, 0.25) is 5.91 Å². The van der Waals surface area contributed by atoms with E-state index in [0.717, 1.165) is 58.7 Å². The smallest absolute Gasteiger partial charge is 0.227 e. The maximum Gasteiger partial charge on any atom is 0.227 e. The quantitative estimate of drug-likeness (QED) is 0.798. The molecular formula is C19H30N4O2S. The minimum atomic E-state index is 0.190. The number of morpholine rings is 1. The highest BCUT2D eigenvalue weighted by Crippen LogP contribution is 2.26. The van der Waals surface area contributed by atoms with Crippen LogP contribution < -0.4 is 0 Å². The number of hydrogen-bond acceptors (Lipinski definition) is 6. The van der Waals surface area contributed by atoms with Crippen molar-refractivity contribution in [1.82, 2.24) is 19.7 Å². The van der Waals surface area contributed by atoms with Crippen molar-refractivity contribution in [2.45, 2.75) is 38.3 Å². The summed E-state index contributed by atoms with van der Waals surface area (Å²) in [6.07, 6.45) is 4.63. The lowest BCUT2D eigenvalue weighted by Gasteiger charge is -2.43. The Morgan fingerprint density at radius 2 is 1.96 bits per heavy atom. The van der Waals surface area contributed by atoms with Crippen molar-refractivity contribution in [3.8, 4) is 0 Å². The van der Waals surface area contributed by atoms with Gasteiger partial charge in [0.25, 0.3) is 0 Å². The molecular weight excluding hydrogens is 348 g/mol. The zero-order valence-corrected chi connectivity index (χ0v) is 16.3. The molecule has 4 rings (SSSR count). The predicted octanol–water partition coefficient (Wildman–Crippen LogP) is 1.68. The van der Waals surface area contributed by atoms with E-state index in [1.54, 1.807) is 11.3 Å². The maximum absolute atomic E-state index is 12.8. The molecule has 0 bridgehead atoms. The Labute approximate surface area is 160 Å². The SMILES string of the molecule is O=C([C@H]1CCCN(C2CCN(Cc3cscn3)CC2)C1)N1CCOCC1. The second-order valence-electron chi connectivity index (χ2n) is 7.76. The van der Waals surface area contributed by atoms with Crippen LogP contribution in [-0.4, -0.2) is 84.1 Å². The van der Waals surface area contributed by atoms with E-state index in [1.165, 1.54) is 18.5 Å². The van der Waals surface area contributed by atoms with E-state index in [4.69, 9.17) is 4.74 Å². The van der Waals surface area contributed by atoms with Crippen LogP contribution in [0.4, 0.5) is 0 Å². The number of nitrogens with zero attached hydrogens (tertiary/aromatic N) is 4. The van der Waals surface area contributed by atoms with Gasteiger partial charge in [-0.1, -0.05) is 0 Å². The van der Waals surface area contributed by atoms with Crippen molar-refractivity contribution in [3.05, 3.63) is 16.6 Å². The van der Waals surface area contributed by atoms with Crippen molar-refractivity contribution < 1.29 is 9.53 Å². The maximum atomic E-state index is 12.8. The highest BCUT2D eigenvalue weighted by molar-refractivity contribution is 7.07. The highest BCUT2D eigenvalue weighted by atomic mass is 32.1. The molecule has 3 aliphatic heterocycles. The Morgan fingerprint density at radius 1 is 1.15 bits per heavy atom.